The van der Waals surface area contributed by atoms with Gasteiger partial charge in [0, 0.05) is 11.0 Å². The molecule has 0 radical (unpaired) electrons. The molecular formula is C9H10BrNO. The van der Waals surface area contributed by atoms with Crippen LogP contribution in [-0.2, 0) is 11.3 Å². The first-order valence-electron chi connectivity index (χ1n) is 3.91. The first-order chi connectivity index (χ1) is 5.81. The number of hydrogen-bond donors (Lipinski definition) is 0. The van der Waals surface area contributed by atoms with Crippen LogP contribution in [0.1, 0.15) is 5.56 Å². The molecule has 0 unspecified atom stereocenters. The summed E-state index contributed by atoms with van der Waals surface area (Å²) in [7, 11) is 1.71. The summed E-state index contributed by atoms with van der Waals surface area (Å²) < 4.78 is 1.14. The number of rotatable bonds is 1. The number of hydroxylamine groups is 1. The van der Waals surface area contributed by atoms with Crippen molar-refractivity contribution in [3.05, 3.63) is 28.2 Å². The van der Waals surface area contributed by atoms with Gasteiger partial charge >= 0.3 is 0 Å². The molecule has 1 heterocycles. The monoisotopic (exact) mass is 227 g/mol. The summed E-state index contributed by atoms with van der Waals surface area (Å²) in [5, 5.41) is 1.92. The van der Waals surface area contributed by atoms with Gasteiger partial charge in [-0.25, -0.2) is 0 Å². The highest BCUT2D eigenvalue weighted by Crippen LogP contribution is 2.29. The quantitative estimate of drug-likeness (QED) is 0.731. The number of hydrogen-bond acceptors (Lipinski definition) is 2. The molecule has 0 atom stereocenters. The highest BCUT2D eigenvalue weighted by Gasteiger charge is 2.18. The normalized spacial score (nSPS) is 15.0. The Kier molecular flexibility index (Phi) is 2.07. The molecule has 0 fully saturated rings. The van der Waals surface area contributed by atoms with E-state index in [9.17, 15) is 0 Å². The van der Waals surface area contributed by atoms with Gasteiger partial charge in [0.05, 0.1) is 12.8 Å². The van der Waals surface area contributed by atoms with Gasteiger partial charge in [0.2, 0.25) is 0 Å². The predicted octanol–water partition coefficient (Wildman–Crippen LogP) is 2.37. The van der Waals surface area contributed by atoms with Crippen LogP contribution < -0.4 is 5.06 Å². The zero-order valence-corrected chi connectivity index (χ0v) is 8.47. The predicted molar refractivity (Wildman–Crippen MR) is 52.2 cm³/mol. The largest absolute Gasteiger partial charge is 0.277 e. The van der Waals surface area contributed by atoms with Crippen molar-refractivity contribution in [2.45, 2.75) is 6.42 Å². The molecule has 0 saturated carbocycles. The molecule has 1 aromatic rings. The third-order valence-corrected chi connectivity index (χ3v) is 2.61. The number of benzene rings is 1. The van der Waals surface area contributed by atoms with Crippen LogP contribution in [0.2, 0.25) is 0 Å². The van der Waals surface area contributed by atoms with Gasteiger partial charge in [-0.05, 0) is 30.2 Å². The van der Waals surface area contributed by atoms with Gasteiger partial charge < -0.3 is 0 Å². The van der Waals surface area contributed by atoms with E-state index in [-0.39, 0.29) is 0 Å². The highest BCUT2D eigenvalue weighted by molar-refractivity contribution is 9.10. The topological polar surface area (TPSA) is 12.5 Å². The van der Waals surface area contributed by atoms with E-state index in [1.165, 1.54) is 11.3 Å². The fourth-order valence-electron chi connectivity index (χ4n) is 1.53. The molecule has 3 heteroatoms. The molecule has 0 saturated heterocycles. The minimum Gasteiger partial charge on any atom is -0.277 e. The van der Waals surface area contributed by atoms with Gasteiger partial charge in [-0.15, -0.1) is 0 Å². The zero-order valence-electron chi connectivity index (χ0n) is 6.88. The number of halogens is 1. The molecule has 0 aliphatic carbocycles. The minimum atomic E-state index is 0.961. The van der Waals surface area contributed by atoms with E-state index in [1.807, 2.05) is 11.1 Å². The lowest BCUT2D eigenvalue weighted by molar-refractivity contribution is 0.174. The van der Waals surface area contributed by atoms with Crippen molar-refractivity contribution in [1.82, 2.24) is 0 Å². The van der Waals surface area contributed by atoms with E-state index in [2.05, 4.69) is 28.1 Å². The Bertz CT molecular complexity index is 301. The van der Waals surface area contributed by atoms with Gasteiger partial charge in [0.1, 0.15) is 0 Å². The van der Waals surface area contributed by atoms with E-state index in [0.717, 1.165) is 17.4 Å². The second-order valence-corrected chi connectivity index (χ2v) is 3.72. The molecule has 1 aliphatic heterocycles. The van der Waals surface area contributed by atoms with Crippen molar-refractivity contribution in [3.8, 4) is 0 Å². The van der Waals surface area contributed by atoms with Crippen molar-refractivity contribution in [3.63, 3.8) is 0 Å². The Morgan fingerprint density at radius 1 is 1.50 bits per heavy atom. The van der Waals surface area contributed by atoms with Crippen LogP contribution in [0.3, 0.4) is 0 Å². The average Bonchev–Trinajstić information content (AvgIpc) is 2.46. The van der Waals surface area contributed by atoms with Crippen LogP contribution in [0.4, 0.5) is 5.69 Å². The molecule has 0 aromatic heterocycles. The molecule has 1 aliphatic rings. The smallest absolute Gasteiger partial charge is 0.0670 e. The lowest BCUT2D eigenvalue weighted by atomic mass is 10.2. The van der Waals surface area contributed by atoms with E-state index >= 15 is 0 Å². The van der Waals surface area contributed by atoms with Gasteiger partial charge in [-0.1, -0.05) is 15.9 Å². The number of anilines is 1. The summed E-state index contributed by atoms with van der Waals surface area (Å²) in [6, 6.07) is 6.26. The van der Waals surface area contributed by atoms with Gasteiger partial charge in [-0.3, -0.25) is 9.90 Å². The molecular weight excluding hydrogens is 218 g/mol. The van der Waals surface area contributed by atoms with Crippen molar-refractivity contribution in [2.24, 2.45) is 0 Å². The van der Waals surface area contributed by atoms with E-state index < -0.39 is 0 Å². The van der Waals surface area contributed by atoms with Gasteiger partial charge in [0.15, 0.2) is 0 Å². The molecule has 64 valence electrons. The van der Waals surface area contributed by atoms with Crippen molar-refractivity contribution in [2.75, 3.05) is 18.7 Å². The zero-order chi connectivity index (χ0) is 8.55. The van der Waals surface area contributed by atoms with E-state index in [1.54, 1.807) is 7.11 Å². The Morgan fingerprint density at radius 2 is 2.33 bits per heavy atom. The SMILES string of the molecule is CON1CCc2cc(Br)ccc21. The van der Waals surface area contributed by atoms with Crippen LogP contribution in [0.15, 0.2) is 22.7 Å². The van der Waals surface area contributed by atoms with Crippen molar-refractivity contribution >= 4 is 21.6 Å². The molecule has 0 bridgehead atoms. The number of fused-ring (bicyclic) bond motifs is 1. The van der Waals surface area contributed by atoms with Crippen LogP contribution in [0, 0.1) is 0 Å². The van der Waals surface area contributed by atoms with Crippen LogP contribution in [0.5, 0.6) is 0 Å². The third kappa shape index (κ3) is 1.23. The molecule has 0 N–H and O–H groups in total. The summed E-state index contributed by atoms with van der Waals surface area (Å²) in [5.74, 6) is 0. The van der Waals surface area contributed by atoms with Gasteiger partial charge in [0.25, 0.3) is 0 Å². The molecule has 2 nitrogen and oxygen atoms in total. The van der Waals surface area contributed by atoms with E-state index in [0.29, 0.717) is 0 Å². The highest BCUT2D eigenvalue weighted by atomic mass is 79.9. The lowest BCUT2D eigenvalue weighted by Gasteiger charge is -2.14. The lowest BCUT2D eigenvalue weighted by Crippen LogP contribution is -2.17. The molecule has 0 amide bonds. The summed E-state index contributed by atoms with van der Waals surface area (Å²) in [4.78, 5) is 5.20. The van der Waals surface area contributed by atoms with Crippen LogP contribution >= 0.6 is 15.9 Å². The summed E-state index contributed by atoms with van der Waals surface area (Å²) in [5.41, 5.74) is 2.55. The Balaban J connectivity index is 2.40. The minimum absolute atomic E-state index is 0.961. The summed E-state index contributed by atoms with van der Waals surface area (Å²) in [6.07, 6.45) is 1.07. The fourth-order valence-corrected chi connectivity index (χ4v) is 1.94. The molecule has 12 heavy (non-hydrogen) atoms. The standard InChI is InChI=1S/C9H10BrNO/c1-12-11-5-4-7-6-8(10)2-3-9(7)11/h2-3,6H,4-5H2,1H3. The van der Waals surface area contributed by atoms with E-state index in [4.69, 9.17) is 4.84 Å². The Labute approximate surface area is 80.2 Å². The molecule has 2 rings (SSSR count). The maximum Gasteiger partial charge on any atom is 0.0670 e. The molecule has 0 spiro atoms. The average molecular weight is 228 g/mol. The second-order valence-electron chi connectivity index (χ2n) is 2.81. The second kappa shape index (κ2) is 3.07. The first-order valence-corrected chi connectivity index (χ1v) is 4.70. The van der Waals surface area contributed by atoms with Crippen molar-refractivity contribution < 1.29 is 4.84 Å². The third-order valence-electron chi connectivity index (χ3n) is 2.11. The fraction of sp³-hybridized carbons (Fsp3) is 0.333. The van der Waals surface area contributed by atoms with Crippen LogP contribution in [-0.4, -0.2) is 13.7 Å². The molecule has 1 aromatic carbocycles. The summed E-state index contributed by atoms with van der Waals surface area (Å²) in [6.45, 7) is 0.961. The maximum absolute atomic E-state index is 5.20. The number of nitrogens with zero attached hydrogens (tertiary/aromatic N) is 1. The summed E-state index contributed by atoms with van der Waals surface area (Å²) >= 11 is 3.45. The Hall–Kier alpha value is -0.540. The van der Waals surface area contributed by atoms with Crippen molar-refractivity contribution in [1.29, 1.82) is 0 Å². The first kappa shape index (κ1) is 8.08. The van der Waals surface area contributed by atoms with Gasteiger partial charge in [-0.2, -0.15) is 0 Å². The Morgan fingerprint density at radius 3 is 3.08 bits per heavy atom. The van der Waals surface area contributed by atoms with Crippen LogP contribution in [0.25, 0.3) is 0 Å². The maximum atomic E-state index is 5.20.